The summed E-state index contributed by atoms with van der Waals surface area (Å²) in [6.45, 7) is 2.67. The Morgan fingerprint density at radius 1 is 0.324 bits per heavy atom. The monoisotopic (exact) mass is 1500 g/mol. The minimum absolute atomic E-state index is 0. The molecule has 0 aliphatic rings. The standard InChI is InChI=1S/C22H52N6O17Si6.6CHO2.2Pt/c23-7-1-15-48(37,41-46(33,34)13-3-9-25-19-29)43-51(40,18-6-12-28-22-32)45-50(39,16-2-8-24)44-49(38,17-5-11-27-21-31)42-47(35,36)14-4-10-26-20-30;6*2-1-3;;/h33-40H,1-18,23-24H2,(H,25,29)(H,26,30)(H,27,31)(H,28,32);6*(H,2,3);;/q-4;6*-1;;. The largest absolute Gasteiger partial charge is 0.665 e. The molecule has 0 fully saturated rings. The van der Waals surface area contributed by atoms with Crippen molar-refractivity contribution in [3.63, 3.8) is 0 Å². The van der Waals surface area contributed by atoms with Crippen LogP contribution in [0.5, 0.6) is 0 Å². The Bertz CT molecular complexity index is 1270. The number of aliphatic hydroxyl groups excluding tert-OH is 6. The molecule has 0 saturated carbocycles. The molecular weight excluding hydrogens is 1440 g/mol. The average Bonchev–Trinajstić information content (AvgIpc) is 3.24. The minimum atomic E-state index is -5.05. The predicted molar refractivity (Wildman–Crippen MR) is 237 cm³/mol. The summed E-state index contributed by atoms with van der Waals surface area (Å²) in [6, 6.07) is -2.78. The van der Waals surface area contributed by atoms with Gasteiger partial charge >= 0.3 is 52.8 Å². The Hall–Kier alpha value is -3.22. The molecule has 0 bridgehead atoms. The molecule has 0 rings (SSSR count). The summed E-state index contributed by atoms with van der Waals surface area (Å²) in [5.41, 5.74) is 11.3. The fraction of sp³-hybridized carbons (Fsp3) is 0.643. The van der Waals surface area contributed by atoms with E-state index in [1.807, 2.05) is 0 Å². The van der Waals surface area contributed by atoms with Gasteiger partial charge in [0.05, 0.1) is 0 Å². The molecule has 0 aliphatic carbocycles. The van der Waals surface area contributed by atoms with Gasteiger partial charge in [-0.05, 0) is 77.8 Å². The van der Waals surface area contributed by atoms with Crippen molar-refractivity contribution in [2.45, 2.75) is 74.8 Å². The Balaban J connectivity index is -0.000000237. The fourth-order valence-electron chi connectivity index (χ4n) is 4.32. The van der Waals surface area contributed by atoms with E-state index < -0.39 is 89.1 Å². The maximum absolute atomic E-state index is 11.9. The number of carbonyl (C=O) groups excluding carboxylic acids is 4. The maximum Gasteiger partial charge on any atom is 0.488 e. The van der Waals surface area contributed by atoms with E-state index >= 15 is 0 Å². The quantitative estimate of drug-likeness (QED) is 0.0120. The summed E-state index contributed by atoms with van der Waals surface area (Å²) >= 11 is 0. The molecule has 0 aromatic heterocycles. The van der Waals surface area contributed by atoms with Gasteiger partial charge in [-0.25, -0.2) is 0 Å². The number of nitrogens with one attached hydrogen (secondary N) is 4. The Morgan fingerprint density at radius 2 is 0.493 bits per heavy atom. The number of hydrogen-bond donors (Lipinski definition) is 20. The van der Waals surface area contributed by atoms with Crippen LogP contribution in [0.2, 0.25) is 36.3 Å². The Morgan fingerprint density at radius 3 is 0.676 bits per heavy atom. The average molecular weight is 1500 g/mol. The number of rotatable bonds is 36. The van der Waals surface area contributed by atoms with Gasteiger partial charge in [0.2, 0.25) is 0 Å². The van der Waals surface area contributed by atoms with Crippen LogP contribution in [-0.4, -0.2) is 226 Å². The predicted octanol–water partition coefficient (Wildman–Crippen LogP) is -8.81. The smallest absolute Gasteiger partial charge is 0.488 e. The summed E-state index contributed by atoms with van der Waals surface area (Å²) in [7, 11) is -29.5. The molecule has 43 heteroatoms. The molecular formula is C28H58N6O29Pt2Si6-10. The Labute approximate surface area is 441 Å². The number of nitrogens with two attached hydrogens (primary N) is 2. The van der Waals surface area contributed by atoms with Gasteiger partial charge in [-0.3, -0.25) is 0 Å². The second-order valence-corrected chi connectivity index (χ2v) is 27.5. The van der Waals surface area contributed by atoms with Crippen LogP contribution in [0.3, 0.4) is 0 Å². The molecule has 428 valence electrons. The number of hydrogen-bond acceptors (Lipinski definition) is 25. The fourth-order valence-corrected chi connectivity index (χ4v) is 24.5. The van der Waals surface area contributed by atoms with Crippen molar-refractivity contribution < 1.29 is 180 Å². The van der Waals surface area contributed by atoms with E-state index in [9.17, 15) is 57.5 Å². The van der Waals surface area contributed by atoms with E-state index in [0.717, 1.165) is 0 Å². The van der Waals surface area contributed by atoms with Crippen molar-refractivity contribution in [2.75, 3.05) is 39.3 Å². The SMILES string of the molecule is NCCC[Si](O)(O[Si](O)(O)CCCN[C-]=O)O[Si](O)(CCCN[C-]=O)O[Si](O)(CCCN)O[Si](O)(CCCN[C-]=O)O[Si](O)(O)CCCN[C-]=O.O=[C-]O.O=[C-]O.O=[C-]O.O=[C-]O.O=[C-]O.O=[C-]O.[Pt].[Pt]. The van der Waals surface area contributed by atoms with Crippen molar-refractivity contribution in [1.29, 1.82) is 0 Å². The van der Waals surface area contributed by atoms with Gasteiger partial charge in [-0.2, -0.15) is 25.6 Å². The zero-order chi connectivity index (χ0) is 55.2. The van der Waals surface area contributed by atoms with Crippen molar-refractivity contribution in [2.24, 2.45) is 11.5 Å². The summed E-state index contributed by atoms with van der Waals surface area (Å²) < 4.78 is 28.0. The van der Waals surface area contributed by atoms with Gasteiger partial charge in [-0.15, -0.1) is 0 Å². The van der Waals surface area contributed by atoms with E-state index in [2.05, 4.69) is 21.3 Å². The van der Waals surface area contributed by atoms with Crippen LogP contribution in [0, 0.1) is 0 Å². The molecule has 0 radical (unpaired) electrons. The number of amides is 4. The molecule has 4 unspecified atom stereocenters. The van der Waals surface area contributed by atoms with E-state index in [0.29, 0.717) is 38.8 Å². The second-order valence-electron chi connectivity index (χ2n) is 11.7. The summed E-state index contributed by atoms with van der Waals surface area (Å²) in [6.07, 6.45) is 5.43. The third-order valence-electron chi connectivity index (χ3n) is 6.48. The van der Waals surface area contributed by atoms with E-state index in [1.54, 1.807) is 0 Å². The first-order valence-corrected chi connectivity index (χ1v) is 30.5. The van der Waals surface area contributed by atoms with Crippen LogP contribution in [0.4, 0.5) is 0 Å². The first-order chi connectivity index (χ1) is 32.4. The van der Waals surface area contributed by atoms with E-state index in [4.69, 9.17) is 91.4 Å². The minimum Gasteiger partial charge on any atom is -0.665 e. The van der Waals surface area contributed by atoms with Crippen LogP contribution >= 0.6 is 0 Å². The van der Waals surface area contributed by atoms with Crippen molar-refractivity contribution >= 4 is 117 Å². The van der Waals surface area contributed by atoms with Gasteiger partial charge in [0.25, 0.3) is 0 Å². The molecule has 22 N–H and O–H groups in total. The van der Waals surface area contributed by atoms with Crippen molar-refractivity contribution in [3.8, 4) is 0 Å². The molecule has 0 saturated heterocycles. The van der Waals surface area contributed by atoms with Gasteiger partial charge < -0.3 is 170 Å². The first kappa shape index (κ1) is 87.5. The van der Waals surface area contributed by atoms with Crippen LogP contribution in [0.15, 0.2) is 0 Å². The van der Waals surface area contributed by atoms with Crippen LogP contribution in [-0.2, 0) is 111 Å². The zero-order valence-corrected chi connectivity index (χ0v) is 47.4. The third kappa shape index (κ3) is 66.8. The van der Waals surface area contributed by atoms with E-state index in [1.165, 1.54) is 25.6 Å². The van der Waals surface area contributed by atoms with Crippen LogP contribution < -0.4 is 32.7 Å². The summed E-state index contributed by atoms with van der Waals surface area (Å²) in [5.74, 6) is 0. The molecule has 0 aliphatic heterocycles. The Kier molecular flexibility index (Phi) is 73.1. The molecule has 35 nitrogen and oxygen atoms in total. The van der Waals surface area contributed by atoms with Crippen molar-refractivity contribution in [1.82, 2.24) is 21.3 Å². The molecule has 0 spiro atoms. The zero-order valence-electron chi connectivity index (χ0n) is 36.9. The third-order valence-corrected chi connectivity index (χ3v) is 25.3. The van der Waals surface area contributed by atoms with Gasteiger partial charge in [0.15, 0.2) is 0 Å². The topological polar surface area (TPSA) is 600 Å². The second kappa shape index (κ2) is 59.3. The first-order valence-electron chi connectivity index (χ1n) is 18.6. The van der Waals surface area contributed by atoms with Crippen LogP contribution in [0.1, 0.15) is 38.5 Å². The normalized spacial score (nSPS) is 13.1. The molecule has 0 heterocycles. The molecule has 71 heavy (non-hydrogen) atoms. The molecule has 4 amide bonds. The maximum atomic E-state index is 11.9. The van der Waals surface area contributed by atoms with E-state index in [-0.39, 0.29) is 120 Å². The summed E-state index contributed by atoms with van der Waals surface area (Å²) in [4.78, 5) is 181. The van der Waals surface area contributed by atoms with Crippen LogP contribution in [0.25, 0.3) is 0 Å². The molecule has 0 aromatic rings. The van der Waals surface area contributed by atoms with Crippen molar-refractivity contribution in [3.05, 3.63) is 0 Å². The van der Waals surface area contributed by atoms with Gasteiger partial charge in [0, 0.05) is 78.4 Å². The molecule has 4 atom stereocenters. The van der Waals surface area contributed by atoms with Gasteiger partial charge in [0.1, 0.15) is 0 Å². The molecule has 0 aromatic carbocycles. The summed E-state index contributed by atoms with van der Waals surface area (Å²) in [5, 5.41) is 49.5. The van der Waals surface area contributed by atoms with Gasteiger partial charge in [-0.1, -0.05) is 38.8 Å².